The summed E-state index contributed by atoms with van der Waals surface area (Å²) in [7, 11) is 0. The van der Waals surface area contributed by atoms with Gasteiger partial charge in [0.05, 0.1) is 17.0 Å². The molecule has 0 fully saturated rings. The minimum absolute atomic E-state index is 0.0382. The number of nitrogens with zero attached hydrogens (tertiary/aromatic N) is 2. The summed E-state index contributed by atoms with van der Waals surface area (Å²) in [6, 6.07) is 0. The molecule has 1 aliphatic carbocycles. The van der Waals surface area contributed by atoms with E-state index in [1.807, 2.05) is 6.92 Å². The number of hydrogen-bond donors (Lipinski definition) is 0. The molecule has 0 radical (unpaired) electrons. The molecule has 1 aromatic rings. The molecule has 1 heterocycles. The minimum atomic E-state index is -0.415. The number of oxime groups is 1. The van der Waals surface area contributed by atoms with Gasteiger partial charge in [-0.25, -0.2) is 4.79 Å². The second-order valence-corrected chi connectivity index (χ2v) is 5.42. The van der Waals surface area contributed by atoms with Crippen molar-refractivity contribution in [1.82, 2.24) is 5.16 Å². The van der Waals surface area contributed by atoms with Crippen molar-refractivity contribution >= 4 is 11.7 Å². The molecule has 98 valence electrons. The summed E-state index contributed by atoms with van der Waals surface area (Å²) in [5.74, 6) is 0.427. The fourth-order valence-corrected chi connectivity index (χ4v) is 2.29. The highest BCUT2D eigenvalue weighted by atomic mass is 16.7. The smallest absolute Gasteiger partial charge is 0.331 e. The van der Waals surface area contributed by atoms with Crippen LogP contribution in [0.3, 0.4) is 0 Å². The maximum Gasteiger partial charge on any atom is 0.331 e. The first-order valence-electron chi connectivity index (χ1n) is 6.15. The summed E-state index contributed by atoms with van der Waals surface area (Å²) < 4.78 is 5.38. The van der Waals surface area contributed by atoms with Crippen molar-refractivity contribution in [2.45, 2.75) is 47.0 Å². The standard InChI is InChI=1S/C13H18N2O3/c1-5-9-12-10(15-17-8(2)16)6-13(3,4)7-11(12)18-14-9/h5-7H2,1-4H3/b15-10-. The first-order valence-corrected chi connectivity index (χ1v) is 6.15. The lowest BCUT2D eigenvalue weighted by Gasteiger charge is -2.28. The first-order chi connectivity index (χ1) is 8.43. The van der Waals surface area contributed by atoms with Gasteiger partial charge in [0, 0.05) is 13.3 Å². The molecule has 0 atom stereocenters. The highest BCUT2D eigenvalue weighted by Gasteiger charge is 2.35. The zero-order valence-corrected chi connectivity index (χ0v) is 11.2. The van der Waals surface area contributed by atoms with Crippen LogP contribution in [0.1, 0.15) is 51.1 Å². The topological polar surface area (TPSA) is 64.7 Å². The summed E-state index contributed by atoms with van der Waals surface area (Å²) in [4.78, 5) is 15.7. The van der Waals surface area contributed by atoms with Crippen LogP contribution in [0.25, 0.3) is 0 Å². The fraction of sp³-hybridized carbons (Fsp3) is 0.615. The van der Waals surface area contributed by atoms with Gasteiger partial charge in [0.15, 0.2) is 0 Å². The second-order valence-electron chi connectivity index (χ2n) is 5.42. The molecule has 0 saturated carbocycles. The number of rotatable bonds is 2. The monoisotopic (exact) mass is 250 g/mol. The van der Waals surface area contributed by atoms with Crippen LogP contribution in [-0.2, 0) is 22.5 Å². The molecule has 18 heavy (non-hydrogen) atoms. The molecule has 0 saturated heterocycles. The molecular formula is C13H18N2O3. The van der Waals surface area contributed by atoms with E-state index in [9.17, 15) is 4.79 Å². The second kappa shape index (κ2) is 4.55. The third-order valence-corrected chi connectivity index (χ3v) is 3.03. The van der Waals surface area contributed by atoms with Gasteiger partial charge in [0.25, 0.3) is 0 Å². The van der Waals surface area contributed by atoms with E-state index in [4.69, 9.17) is 9.36 Å². The fourth-order valence-electron chi connectivity index (χ4n) is 2.29. The van der Waals surface area contributed by atoms with Crippen LogP contribution < -0.4 is 0 Å². The summed E-state index contributed by atoms with van der Waals surface area (Å²) in [6.07, 6.45) is 2.36. The summed E-state index contributed by atoms with van der Waals surface area (Å²) in [5, 5.41) is 8.03. The highest BCUT2D eigenvalue weighted by molar-refractivity contribution is 6.03. The van der Waals surface area contributed by atoms with Crippen molar-refractivity contribution in [3.8, 4) is 0 Å². The van der Waals surface area contributed by atoms with Gasteiger partial charge in [0.2, 0.25) is 0 Å². The van der Waals surface area contributed by atoms with Crippen LogP contribution in [0.15, 0.2) is 9.68 Å². The zero-order chi connectivity index (χ0) is 13.3. The zero-order valence-electron chi connectivity index (χ0n) is 11.2. The van der Waals surface area contributed by atoms with E-state index in [0.29, 0.717) is 0 Å². The molecule has 0 amide bonds. The predicted octanol–water partition coefficient (Wildman–Crippen LogP) is 2.48. The quantitative estimate of drug-likeness (QED) is 0.597. The molecule has 0 spiro atoms. The molecule has 2 rings (SSSR count). The van der Waals surface area contributed by atoms with Crippen LogP contribution in [0.4, 0.5) is 0 Å². The average Bonchev–Trinajstić information content (AvgIpc) is 2.66. The maximum atomic E-state index is 10.9. The SMILES string of the molecule is CCc1noc2c1/C(=N\OC(C)=O)CC(C)(C)C2. The Balaban J connectivity index is 2.43. The Hall–Kier alpha value is -1.65. The number of carbonyl (C=O) groups excluding carboxylic acids is 1. The van der Waals surface area contributed by atoms with E-state index in [1.54, 1.807) is 0 Å². The van der Waals surface area contributed by atoms with E-state index in [2.05, 4.69) is 24.2 Å². The summed E-state index contributed by atoms with van der Waals surface area (Å²) in [6.45, 7) is 7.62. The number of aryl methyl sites for hydroxylation is 1. The van der Waals surface area contributed by atoms with Crippen LogP contribution in [0.2, 0.25) is 0 Å². The van der Waals surface area contributed by atoms with Gasteiger partial charge in [-0.15, -0.1) is 0 Å². The van der Waals surface area contributed by atoms with Crippen molar-refractivity contribution < 1.29 is 14.2 Å². The van der Waals surface area contributed by atoms with Crippen molar-refractivity contribution in [2.24, 2.45) is 10.6 Å². The number of hydrogen-bond acceptors (Lipinski definition) is 5. The van der Waals surface area contributed by atoms with Crippen molar-refractivity contribution in [3.63, 3.8) is 0 Å². The Morgan fingerprint density at radius 2 is 2.22 bits per heavy atom. The molecule has 0 aliphatic heterocycles. The van der Waals surface area contributed by atoms with Gasteiger partial charge < -0.3 is 9.36 Å². The van der Waals surface area contributed by atoms with Crippen LogP contribution in [-0.4, -0.2) is 16.8 Å². The largest absolute Gasteiger partial charge is 0.360 e. The van der Waals surface area contributed by atoms with Crippen molar-refractivity contribution in [3.05, 3.63) is 17.0 Å². The third kappa shape index (κ3) is 2.44. The first kappa shape index (κ1) is 12.8. The molecule has 1 aromatic heterocycles. The molecule has 0 aromatic carbocycles. The normalized spacial score (nSPS) is 19.7. The van der Waals surface area contributed by atoms with Crippen molar-refractivity contribution in [2.75, 3.05) is 0 Å². The Labute approximate surface area is 106 Å². The third-order valence-electron chi connectivity index (χ3n) is 3.03. The maximum absolute atomic E-state index is 10.9. The lowest BCUT2D eigenvalue weighted by Crippen LogP contribution is -2.27. The molecule has 0 unspecified atom stereocenters. The Kier molecular flexibility index (Phi) is 3.24. The molecule has 1 aliphatic rings. The number of carbonyl (C=O) groups is 1. The van der Waals surface area contributed by atoms with E-state index in [-0.39, 0.29) is 5.41 Å². The van der Waals surface area contributed by atoms with Gasteiger partial charge in [-0.05, 0) is 18.3 Å². The van der Waals surface area contributed by atoms with Gasteiger partial charge in [-0.2, -0.15) is 0 Å². The van der Waals surface area contributed by atoms with Crippen molar-refractivity contribution in [1.29, 1.82) is 0 Å². The summed E-state index contributed by atoms with van der Waals surface area (Å²) >= 11 is 0. The average molecular weight is 250 g/mol. The molecule has 5 heteroatoms. The molecule has 0 bridgehead atoms. The van der Waals surface area contributed by atoms with Crippen LogP contribution >= 0.6 is 0 Å². The molecular weight excluding hydrogens is 232 g/mol. The molecule has 5 nitrogen and oxygen atoms in total. The van der Waals surface area contributed by atoms with Gasteiger partial charge >= 0.3 is 5.97 Å². The van der Waals surface area contributed by atoms with E-state index < -0.39 is 5.97 Å². The van der Waals surface area contributed by atoms with Crippen LogP contribution in [0, 0.1) is 5.41 Å². The molecule has 0 N–H and O–H groups in total. The van der Waals surface area contributed by atoms with E-state index in [0.717, 1.165) is 42.0 Å². The lowest BCUT2D eigenvalue weighted by atomic mass is 9.75. The number of aromatic nitrogens is 1. The Morgan fingerprint density at radius 3 is 2.83 bits per heavy atom. The van der Waals surface area contributed by atoms with E-state index >= 15 is 0 Å². The van der Waals surface area contributed by atoms with Gasteiger partial charge in [0.1, 0.15) is 5.76 Å². The Bertz CT molecular complexity index is 500. The Morgan fingerprint density at radius 1 is 1.50 bits per heavy atom. The minimum Gasteiger partial charge on any atom is -0.360 e. The van der Waals surface area contributed by atoms with Crippen LogP contribution in [0.5, 0.6) is 0 Å². The number of fused-ring (bicyclic) bond motifs is 1. The lowest BCUT2D eigenvalue weighted by molar-refractivity contribution is -0.140. The van der Waals surface area contributed by atoms with Gasteiger partial charge in [-0.3, -0.25) is 0 Å². The van der Waals surface area contributed by atoms with Gasteiger partial charge in [-0.1, -0.05) is 31.1 Å². The van der Waals surface area contributed by atoms with E-state index in [1.165, 1.54) is 6.92 Å². The highest BCUT2D eigenvalue weighted by Crippen LogP contribution is 2.36. The summed E-state index contributed by atoms with van der Waals surface area (Å²) in [5.41, 5.74) is 2.61. The predicted molar refractivity (Wildman–Crippen MR) is 66.3 cm³/mol.